The van der Waals surface area contributed by atoms with E-state index in [-0.39, 0.29) is 5.91 Å². The van der Waals surface area contributed by atoms with Crippen molar-refractivity contribution < 1.29 is 9.53 Å². The highest BCUT2D eigenvalue weighted by atomic mass is 16.5. The number of benzene rings is 2. The summed E-state index contributed by atoms with van der Waals surface area (Å²) >= 11 is 0. The molecule has 0 fully saturated rings. The van der Waals surface area contributed by atoms with E-state index in [0.29, 0.717) is 12.2 Å². The maximum absolute atomic E-state index is 11.9. The van der Waals surface area contributed by atoms with Crippen molar-refractivity contribution in [3.8, 4) is 5.75 Å². The lowest BCUT2D eigenvalue weighted by atomic mass is 10.2. The van der Waals surface area contributed by atoms with Gasteiger partial charge in [0.05, 0.1) is 12.8 Å². The van der Waals surface area contributed by atoms with E-state index >= 15 is 0 Å². The third-order valence-corrected chi connectivity index (χ3v) is 2.77. The molecule has 4 heteroatoms. The van der Waals surface area contributed by atoms with Gasteiger partial charge >= 0.3 is 0 Å². The van der Waals surface area contributed by atoms with Crippen LogP contribution in [0.1, 0.15) is 29.3 Å². The Morgan fingerprint density at radius 1 is 1.14 bits per heavy atom. The van der Waals surface area contributed by atoms with Gasteiger partial charge in [0, 0.05) is 5.56 Å². The summed E-state index contributed by atoms with van der Waals surface area (Å²) in [6, 6.07) is 16.6. The predicted octanol–water partition coefficient (Wildman–Crippen LogP) is 3.24. The molecule has 0 aliphatic heterocycles. The predicted molar refractivity (Wildman–Crippen MR) is 83.7 cm³/mol. The molecule has 0 unspecified atom stereocenters. The maximum Gasteiger partial charge on any atom is 0.271 e. The van der Waals surface area contributed by atoms with Crippen molar-refractivity contribution in [3.05, 3.63) is 65.7 Å². The zero-order valence-corrected chi connectivity index (χ0v) is 12.0. The number of carbonyl (C=O) groups is 1. The van der Waals surface area contributed by atoms with E-state index in [1.807, 2.05) is 37.3 Å². The van der Waals surface area contributed by atoms with Gasteiger partial charge in [-0.3, -0.25) is 4.79 Å². The molecule has 2 aromatic rings. The molecular formula is C17H18N2O2. The maximum atomic E-state index is 11.9. The van der Waals surface area contributed by atoms with Crippen molar-refractivity contribution in [1.82, 2.24) is 5.43 Å². The second-order valence-electron chi connectivity index (χ2n) is 4.48. The van der Waals surface area contributed by atoms with Gasteiger partial charge in [0.1, 0.15) is 5.75 Å². The Labute approximate surface area is 124 Å². The highest BCUT2D eigenvalue weighted by Crippen LogP contribution is 2.12. The molecule has 0 atom stereocenters. The molecule has 2 rings (SSSR count). The molecule has 0 aromatic heterocycles. The smallest absolute Gasteiger partial charge is 0.271 e. The van der Waals surface area contributed by atoms with Crippen LogP contribution in [0.25, 0.3) is 0 Å². The molecule has 0 saturated carbocycles. The van der Waals surface area contributed by atoms with E-state index in [9.17, 15) is 4.79 Å². The normalized spacial score (nSPS) is 10.5. The van der Waals surface area contributed by atoms with Crippen LogP contribution < -0.4 is 10.2 Å². The van der Waals surface area contributed by atoms with Crippen LogP contribution in [0, 0.1) is 0 Å². The van der Waals surface area contributed by atoms with Crippen LogP contribution in [0.2, 0.25) is 0 Å². The van der Waals surface area contributed by atoms with Crippen molar-refractivity contribution in [2.24, 2.45) is 5.10 Å². The van der Waals surface area contributed by atoms with Crippen LogP contribution >= 0.6 is 0 Å². The minimum Gasteiger partial charge on any atom is -0.494 e. The van der Waals surface area contributed by atoms with Crippen LogP contribution in [-0.2, 0) is 0 Å². The van der Waals surface area contributed by atoms with Crippen molar-refractivity contribution >= 4 is 12.1 Å². The standard InChI is InChI=1S/C17H18N2O2/c1-2-12-21-16-10-8-15(9-11-16)17(20)19-18-13-14-6-4-3-5-7-14/h3-11,13H,2,12H2,1H3,(H,19,20)/b18-13-. The Morgan fingerprint density at radius 2 is 1.86 bits per heavy atom. The van der Waals surface area contributed by atoms with Gasteiger partial charge in [0.25, 0.3) is 5.91 Å². The number of ether oxygens (including phenoxy) is 1. The Morgan fingerprint density at radius 3 is 2.52 bits per heavy atom. The average Bonchev–Trinajstić information content (AvgIpc) is 2.54. The van der Waals surface area contributed by atoms with Gasteiger partial charge in [-0.15, -0.1) is 0 Å². The molecule has 0 radical (unpaired) electrons. The summed E-state index contributed by atoms with van der Waals surface area (Å²) in [5, 5.41) is 3.93. The van der Waals surface area contributed by atoms with Crippen molar-refractivity contribution in [3.63, 3.8) is 0 Å². The second-order valence-corrected chi connectivity index (χ2v) is 4.48. The van der Waals surface area contributed by atoms with E-state index in [4.69, 9.17) is 4.74 Å². The molecule has 1 N–H and O–H groups in total. The van der Waals surface area contributed by atoms with Crippen LogP contribution in [-0.4, -0.2) is 18.7 Å². The molecule has 0 saturated heterocycles. The number of nitrogens with one attached hydrogen (secondary N) is 1. The molecular weight excluding hydrogens is 264 g/mol. The number of hydrogen-bond donors (Lipinski definition) is 1. The zero-order chi connectivity index (χ0) is 14.9. The molecule has 0 heterocycles. The average molecular weight is 282 g/mol. The first kappa shape index (κ1) is 14.8. The van der Waals surface area contributed by atoms with Gasteiger partial charge < -0.3 is 4.74 Å². The number of hydrogen-bond acceptors (Lipinski definition) is 3. The van der Waals surface area contributed by atoms with Crippen LogP contribution in [0.15, 0.2) is 59.7 Å². The monoisotopic (exact) mass is 282 g/mol. The lowest BCUT2D eigenvalue weighted by molar-refractivity contribution is 0.0955. The first-order chi connectivity index (χ1) is 10.3. The van der Waals surface area contributed by atoms with Gasteiger partial charge in [0.2, 0.25) is 0 Å². The molecule has 21 heavy (non-hydrogen) atoms. The minimum absolute atomic E-state index is 0.246. The molecule has 0 aliphatic carbocycles. The summed E-state index contributed by atoms with van der Waals surface area (Å²) in [7, 11) is 0. The van der Waals surface area contributed by atoms with Crippen LogP contribution in [0.5, 0.6) is 5.75 Å². The van der Waals surface area contributed by atoms with Gasteiger partial charge in [-0.25, -0.2) is 5.43 Å². The fourth-order valence-corrected chi connectivity index (χ4v) is 1.69. The molecule has 1 amide bonds. The Hall–Kier alpha value is -2.62. The first-order valence-corrected chi connectivity index (χ1v) is 6.91. The largest absolute Gasteiger partial charge is 0.494 e. The molecule has 2 aromatic carbocycles. The highest BCUT2D eigenvalue weighted by Gasteiger charge is 2.04. The zero-order valence-electron chi connectivity index (χ0n) is 12.0. The topological polar surface area (TPSA) is 50.7 Å². The van der Waals surface area contributed by atoms with E-state index in [1.165, 1.54) is 0 Å². The third-order valence-electron chi connectivity index (χ3n) is 2.77. The molecule has 4 nitrogen and oxygen atoms in total. The Kier molecular flexibility index (Phi) is 5.52. The SMILES string of the molecule is CCCOc1ccc(C(=O)N/N=C\c2ccccc2)cc1. The number of amides is 1. The van der Waals surface area contributed by atoms with Crippen molar-refractivity contribution in [1.29, 1.82) is 0 Å². The summed E-state index contributed by atoms with van der Waals surface area (Å²) in [5.41, 5.74) is 3.98. The number of rotatable bonds is 6. The molecule has 0 aliphatic rings. The van der Waals surface area contributed by atoms with E-state index in [2.05, 4.69) is 10.5 Å². The summed E-state index contributed by atoms with van der Waals surface area (Å²) in [5.74, 6) is 0.519. The van der Waals surface area contributed by atoms with Crippen molar-refractivity contribution in [2.45, 2.75) is 13.3 Å². The second kappa shape index (κ2) is 7.85. The summed E-state index contributed by atoms with van der Waals surface area (Å²) < 4.78 is 5.47. The summed E-state index contributed by atoms with van der Waals surface area (Å²) in [4.78, 5) is 11.9. The Bertz CT molecular complexity index is 592. The van der Waals surface area contributed by atoms with Crippen LogP contribution in [0.3, 0.4) is 0 Å². The van der Waals surface area contributed by atoms with E-state index < -0.39 is 0 Å². The van der Waals surface area contributed by atoms with Gasteiger partial charge in [0.15, 0.2) is 0 Å². The van der Waals surface area contributed by atoms with Crippen molar-refractivity contribution in [2.75, 3.05) is 6.61 Å². The lowest BCUT2D eigenvalue weighted by Crippen LogP contribution is -2.17. The number of hydrazone groups is 1. The lowest BCUT2D eigenvalue weighted by Gasteiger charge is -2.05. The van der Waals surface area contributed by atoms with E-state index in [1.54, 1.807) is 30.5 Å². The fraction of sp³-hybridized carbons (Fsp3) is 0.176. The van der Waals surface area contributed by atoms with E-state index in [0.717, 1.165) is 17.7 Å². The minimum atomic E-state index is -0.246. The van der Waals surface area contributed by atoms with Gasteiger partial charge in [-0.05, 0) is 36.2 Å². The quantitative estimate of drug-likeness (QED) is 0.653. The molecule has 0 spiro atoms. The number of carbonyl (C=O) groups excluding carboxylic acids is 1. The van der Waals surface area contributed by atoms with Gasteiger partial charge in [-0.1, -0.05) is 37.3 Å². The van der Waals surface area contributed by atoms with Crippen LogP contribution in [0.4, 0.5) is 0 Å². The first-order valence-electron chi connectivity index (χ1n) is 6.91. The Balaban J connectivity index is 1.90. The fourth-order valence-electron chi connectivity index (χ4n) is 1.69. The third kappa shape index (κ3) is 4.76. The van der Waals surface area contributed by atoms with Gasteiger partial charge in [-0.2, -0.15) is 5.10 Å². The summed E-state index contributed by atoms with van der Waals surface area (Å²) in [6.45, 7) is 2.72. The summed E-state index contributed by atoms with van der Waals surface area (Å²) in [6.07, 6.45) is 2.56. The molecule has 0 bridgehead atoms. The molecule has 108 valence electrons. The number of nitrogens with zero attached hydrogens (tertiary/aromatic N) is 1. The highest BCUT2D eigenvalue weighted by molar-refractivity contribution is 5.94.